The van der Waals surface area contributed by atoms with E-state index in [1.54, 1.807) is 36.3 Å². The minimum atomic E-state index is -0.604. The number of nitrogens with zero attached hydrogens (tertiary/aromatic N) is 2. The topological polar surface area (TPSA) is 136 Å². The van der Waals surface area contributed by atoms with Gasteiger partial charge in [0.25, 0.3) is 0 Å². The molecule has 0 radical (unpaired) electrons. The normalized spacial score (nSPS) is 15.2. The van der Waals surface area contributed by atoms with Crippen LogP contribution in [0.3, 0.4) is 0 Å². The Morgan fingerprint density at radius 3 is 2.40 bits per heavy atom. The predicted octanol–water partition coefficient (Wildman–Crippen LogP) is 1.65. The van der Waals surface area contributed by atoms with Crippen molar-refractivity contribution in [2.24, 2.45) is 0 Å². The summed E-state index contributed by atoms with van der Waals surface area (Å²) in [4.78, 5) is 53.0. The molecular weight excluding hydrogens is 520 g/mol. The highest BCUT2D eigenvalue weighted by Crippen LogP contribution is 2.16. The second kappa shape index (κ2) is 16.1. The molecule has 1 atom stereocenters. The first-order valence-electron chi connectivity index (χ1n) is 12.9. The monoisotopic (exact) mass is 556 g/mol. The van der Waals surface area contributed by atoms with Gasteiger partial charge in [0.1, 0.15) is 25.6 Å². The number of alkyl carbamates (subject to hydrolysis) is 1. The molecule has 1 unspecified atom stereocenters. The lowest BCUT2D eigenvalue weighted by molar-refractivity contribution is -0.151. The number of piperazine rings is 1. The van der Waals surface area contributed by atoms with Gasteiger partial charge in [0.2, 0.25) is 11.8 Å². The van der Waals surface area contributed by atoms with Gasteiger partial charge in [-0.05, 0) is 29.8 Å². The van der Waals surface area contributed by atoms with E-state index in [9.17, 15) is 19.2 Å². The van der Waals surface area contributed by atoms with Gasteiger partial charge in [-0.3, -0.25) is 14.5 Å². The summed E-state index contributed by atoms with van der Waals surface area (Å²) in [5.41, 5.74) is 1.49. The zero-order valence-corrected chi connectivity index (χ0v) is 22.8. The van der Waals surface area contributed by atoms with Gasteiger partial charge in [-0.2, -0.15) is 0 Å². The third-order valence-corrected chi connectivity index (χ3v) is 6.20. The quantitative estimate of drug-likeness (QED) is 0.353. The number of hydrogen-bond donors (Lipinski definition) is 2. The predicted molar refractivity (Wildman–Crippen MR) is 146 cm³/mol. The Morgan fingerprint density at radius 1 is 0.950 bits per heavy atom. The van der Waals surface area contributed by atoms with Crippen LogP contribution in [0.4, 0.5) is 10.5 Å². The van der Waals surface area contributed by atoms with Crippen LogP contribution in [0.1, 0.15) is 12.0 Å². The standard InChI is InChI=1S/C28H36N4O8/c1-37-20-27(35)39-19-23-16-32(26(34)12-13-29-28(36)40-18-21-6-4-3-5-7-21)15-14-31(23)17-25(33)30-22-8-10-24(38-2)11-9-22/h3-11,23H,12-20H2,1-2H3,(H,29,36)(H,30,33). The van der Waals surface area contributed by atoms with Gasteiger partial charge in [0.05, 0.1) is 19.7 Å². The molecule has 3 amide bonds. The van der Waals surface area contributed by atoms with Crippen molar-refractivity contribution < 1.29 is 38.1 Å². The Morgan fingerprint density at radius 2 is 1.70 bits per heavy atom. The molecule has 2 aromatic rings. The number of carbonyl (C=O) groups is 4. The molecule has 216 valence electrons. The molecule has 0 aromatic heterocycles. The molecule has 2 aromatic carbocycles. The maximum atomic E-state index is 12.9. The first kappa shape index (κ1) is 30.4. The fourth-order valence-electron chi connectivity index (χ4n) is 4.10. The third kappa shape index (κ3) is 10.2. The third-order valence-electron chi connectivity index (χ3n) is 6.20. The van der Waals surface area contributed by atoms with Crippen molar-refractivity contribution in [2.45, 2.75) is 19.1 Å². The van der Waals surface area contributed by atoms with Crippen LogP contribution in [-0.4, -0.2) is 99.9 Å². The maximum Gasteiger partial charge on any atom is 0.407 e. The molecule has 0 saturated carbocycles. The second-order valence-electron chi connectivity index (χ2n) is 9.10. The molecule has 1 heterocycles. The van der Waals surface area contributed by atoms with E-state index in [2.05, 4.69) is 10.6 Å². The minimum Gasteiger partial charge on any atom is -0.497 e. The van der Waals surface area contributed by atoms with E-state index in [-0.39, 0.29) is 57.7 Å². The zero-order chi connectivity index (χ0) is 28.7. The smallest absolute Gasteiger partial charge is 0.407 e. The van der Waals surface area contributed by atoms with Gasteiger partial charge in [0.15, 0.2) is 0 Å². The molecule has 40 heavy (non-hydrogen) atoms. The molecule has 0 spiro atoms. The van der Waals surface area contributed by atoms with Crippen molar-refractivity contribution in [3.05, 3.63) is 60.2 Å². The van der Waals surface area contributed by atoms with E-state index in [0.29, 0.717) is 24.5 Å². The molecule has 3 rings (SSSR count). The fraction of sp³-hybridized carbons (Fsp3) is 0.429. The van der Waals surface area contributed by atoms with Crippen LogP contribution in [0.2, 0.25) is 0 Å². The average molecular weight is 557 g/mol. The Hall–Kier alpha value is -4.16. The number of rotatable bonds is 13. The molecular formula is C28H36N4O8. The van der Waals surface area contributed by atoms with E-state index < -0.39 is 18.1 Å². The van der Waals surface area contributed by atoms with E-state index in [1.165, 1.54) is 7.11 Å². The van der Waals surface area contributed by atoms with Crippen molar-refractivity contribution in [3.63, 3.8) is 0 Å². The average Bonchev–Trinajstić information content (AvgIpc) is 2.96. The van der Waals surface area contributed by atoms with Crippen molar-refractivity contribution in [2.75, 3.05) is 65.5 Å². The SMILES string of the molecule is COCC(=O)OCC1CN(C(=O)CCNC(=O)OCc2ccccc2)CCN1CC(=O)Nc1ccc(OC)cc1. The molecule has 0 bridgehead atoms. The lowest BCUT2D eigenvalue weighted by Gasteiger charge is -2.40. The molecule has 0 aliphatic carbocycles. The number of amides is 3. The van der Waals surface area contributed by atoms with Gasteiger partial charge in [0, 0.05) is 45.4 Å². The van der Waals surface area contributed by atoms with Gasteiger partial charge in [-0.15, -0.1) is 0 Å². The van der Waals surface area contributed by atoms with Crippen molar-refractivity contribution in [3.8, 4) is 5.75 Å². The zero-order valence-electron chi connectivity index (χ0n) is 22.8. The number of esters is 1. The van der Waals surface area contributed by atoms with Crippen LogP contribution in [0.25, 0.3) is 0 Å². The van der Waals surface area contributed by atoms with Crippen LogP contribution in [0.15, 0.2) is 54.6 Å². The molecule has 12 nitrogen and oxygen atoms in total. The van der Waals surface area contributed by atoms with Gasteiger partial charge < -0.3 is 34.5 Å². The molecule has 1 aliphatic rings. The Balaban J connectivity index is 1.49. The minimum absolute atomic E-state index is 0.00808. The number of benzene rings is 2. The van der Waals surface area contributed by atoms with Crippen molar-refractivity contribution in [1.82, 2.24) is 15.1 Å². The maximum absolute atomic E-state index is 12.9. The Bertz CT molecular complexity index is 1110. The highest BCUT2D eigenvalue weighted by atomic mass is 16.6. The number of carbonyl (C=O) groups excluding carboxylic acids is 4. The number of hydrogen-bond acceptors (Lipinski definition) is 9. The highest BCUT2D eigenvalue weighted by Gasteiger charge is 2.31. The number of anilines is 1. The van der Waals surface area contributed by atoms with Crippen LogP contribution < -0.4 is 15.4 Å². The summed E-state index contributed by atoms with van der Waals surface area (Å²) in [6.07, 6.45) is -0.526. The first-order valence-corrected chi connectivity index (χ1v) is 12.9. The Labute approximate surface area is 233 Å². The second-order valence-corrected chi connectivity index (χ2v) is 9.10. The number of methoxy groups -OCH3 is 2. The molecule has 1 saturated heterocycles. The van der Waals surface area contributed by atoms with E-state index in [1.807, 2.05) is 35.2 Å². The van der Waals surface area contributed by atoms with E-state index in [0.717, 1.165) is 5.56 Å². The van der Waals surface area contributed by atoms with E-state index in [4.69, 9.17) is 18.9 Å². The number of ether oxygens (including phenoxy) is 4. The lowest BCUT2D eigenvalue weighted by Crippen LogP contribution is -2.58. The van der Waals surface area contributed by atoms with Gasteiger partial charge in [-0.1, -0.05) is 30.3 Å². The summed E-state index contributed by atoms with van der Waals surface area (Å²) >= 11 is 0. The largest absolute Gasteiger partial charge is 0.497 e. The van der Waals surface area contributed by atoms with Crippen molar-refractivity contribution >= 4 is 29.6 Å². The summed E-state index contributed by atoms with van der Waals surface area (Å²) in [5.74, 6) is -0.266. The first-order chi connectivity index (χ1) is 19.4. The van der Waals surface area contributed by atoms with Crippen LogP contribution >= 0.6 is 0 Å². The van der Waals surface area contributed by atoms with Crippen LogP contribution in [-0.2, 0) is 35.2 Å². The van der Waals surface area contributed by atoms with Crippen LogP contribution in [0.5, 0.6) is 5.75 Å². The number of nitrogens with one attached hydrogen (secondary N) is 2. The summed E-state index contributed by atoms with van der Waals surface area (Å²) in [5, 5.41) is 5.43. The fourth-order valence-corrected chi connectivity index (χ4v) is 4.10. The molecule has 1 aliphatic heterocycles. The lowest BCUT2D eigenvalue weighted by atomic mass is 10.1. The van der Waals surface area contributed by atoms with E-state index >= 15 is 0 Å². The summed E-state index contributed by atoms with van der Waals surface area (Å²) in [7, 11) is 2.96. The Kier molecular flexibility index (Phi) is 12.2. The highest BCUT2D eigenvalue weighted by molar-refractivity contribution is 5.92. The van der Waals surface area contributed by atoms with Gasteiger partial charge >= 0.3 is 12.1 Å². The van der Waals surface area contributed by atoms with Crippen molar-refractivity contribution in [1.29, 1.82) is 0 Å². The van der Waals surface area contributed by atoms with Gasteiger partial charge in [-0.25, -0.2) is 9.59 Å². The summed E-state index contributed by atoms with van der Waals surface area (Å²) in [6.45, 7) is 1.15. The summed E-state index contributed by atoms with van der Waals surface area (Å²) < 4.78 is 20.4. The molecule has 2 N–H and O–H groups in total. The summed E-state index contributed by atoms with van der Waals surface area (Å²) in [6, 6.07) is 15.9. The van der Waals surface area contributed by atoms with Crippen LogP contribution in [0, 0.1) is 0 Å². The molecule has 12 heteroatoms. The molecule has 1 fully saturated rings.